The number of ether oxygens (including phenoxy) is 1. The van der Waals surface area contributed by atoms with E-state index < -0.39 is 6.10 Å². The van der Waals surface area contributed by atoms with E-state index in [-0.39, 0.29) is 0 Å². The first-order valence-corrected chi connectivity index (χ1v) is 7.52. The lowest BCUT2D eigenvalue weighted by Gasteiger charge is -2.24. The van der Waals surface area contributed by atoms with Gasteiger partial charge in [-0.1, -0.05) is 17.7 Å². The molecule has 0 spiro atoms. The Morgan fingerprint density at radius 1 is 1.32 bits per heavy atom. The average Bonchev–Trinajstić information content (AvgIpc) is 2.41. The molecule has 0 aliphatic carbocycles. The van der Waals surface area contributed by atoms with Gasteiger partial charge in [-0.25, -0.2) is 0 Å². The van der Waals surface area contributed by atoms with Gasteiger partial charge in [0, 0.05) is 11.6 Å². The molecular formula is C16H23ClO2. The van der Waals surface area contributed by atoms with Gasteiger partial charge in [0.25, 0.3) is 0 Å². The number of rotatable bonds is 4. The molecule has 19 heavy (non-hydrogen) atoms. The Kier molecular flexibility index (Phi) is 5.26. The molecule has 0 saturated carbocycles. The molecule has 2 rings (SSSR count). The summed E-state index contributed by atoms with van der Waals surface area (Å²) in [6.07, 6.45) is 4.98. The zero-order valence-corrected chi connectivity index (χ0v) is 12.5. The molecule has 0 radical (unpaired) electrons. The number of hydrogen-bond acceptors (Lipinski definition) is 2. The van der Waals surface area contributed by atoms with Crippen LogP contribution in [-0.4, -0.2) is 17.8 Å². The highest BCUT2D eigenvalue weighted by molar-refractivity contribution is 6.31. The summed E-state index contributed by atoms with van der Waals surface area (Å²) in [6, 6.07) is 3.94. The Balaban J connectivity index is 1.95. The van der Waals surface area contributed by atoms with Gasteiger partial charge in [-0.15, -0.1) is 0 Å². The van der Waals surface area contributed by atoms with Gasteiger partial charge in [-0.3, -0.25) is 0 Å². The maximum atomic E-state index is 10.3. The second-order valence-corrected chi connectivity index (χ2v) is 5.95. The van der Waals surface area contributed by atoms with Crippen LogP contribution in [0.3, 0.4) is 0 Å². The van der Waals surface area contributed by atoms with Crippen molar-refractivity contribution in [2.24, 2.45) is 0 Å². The summed E-state index contributed by atoms with van der Waals surface area (Å²) in [5, 5.41) is 11.0. The molecule has 0 amide bonds. The molecule has 2 unspecified atom stereocenters. The highest BCUT2D eigenvalue weighted by Gasteiger charge is 2.18. The zero-order valence-electron chi connectivity index (χ0n) is 11.8. The largest absolute Gasteiger partial charge is 0.388 e. The Bertz CT molecular complexity index is 425. The highest BCUT2D eigenvalue weighted by atomic mass is 35.5. The van der Waals surface area contributed by atoms with E-state index in [1.165, 1.54) is 18.4 Å². The lowest BCUT2D eigenvalue weighted by Crippen LogP contribution is -2.19. The van der Waals surface area contributed by atoms with Gasteiger partial charge < -0.3 is 9.84 Å². The topological polar surface area (TPSA) is 29.5 Å². The van der Waals surface area contributed by atoms with Crippen molar-refractivity contribution in [1.82, 2.24) is 0 Å². The fourth-order valence-corrected chi connectivity index (χ4v) is 2.94. The monoisotopic (exact) mass is 282 g/mol. The molecule has 2 nitrogen and oxygen atoms in total. The molecule has 1 saturated heterocycles. The van der Waals surface area contributed by atoms with Gasteiger partial charge in [0.05, 0.1) is 12.2 Å². The molecule has 1 aliphatic rings. The summed E-state index contributed by atoms with van der Waals surface area (Å²) in [5.74, 6) is 0. The third kappa shape index (κ3) is 3.95. The molecule has 1 aromatic rings. The Morgan fingerprint density at radius 3 is 2.74 bits per heavy atom. The molecule has 1 aliphatic heterocycles. The highest BCUT2D eigenvalue weighted by Crippen LogP contribution is 2.30. The predicted octanol–water partition coefficient (Wildman–Crippen LogP) is 4.34. The summed E-state index contributed by atoms with van der Waals surface area (Å²) in [4.78, 5) is 0. The van der Waals surface area contributed by atoms with Gasteiger partial charge in [-0.2, -0.15) is 0 Å². The van der Waals surface area contributed by atoms with Crippen LogP contribution in [-0.2, 0) is 4.74 Å². The predicted molar refractivity (Wildman–Crippen MR) is 78.7 cm³/mol. The van der Waals surface area contributed by atoms with E-state index in [4.69, 9.17) is 16.3 Å². The maximum Gasteiger partial charge on any atom is 0.0805 e. The molecule has 0 bridgehead atoms. The van der Waals surface area contributed by atoms with Gasteiger partial charge in [0.2, 0.25) is 0 Å². The number of aryl methyl sites for hydroxylation is 2. The van der Waals surface area contributed by atoms with Crippen molar-refractivity contribution in [3.63, 3.8) is 0 Å². The van der Waals surface area contributed by atoms with Crippen LogP contribution in [0.2, 0.25) is 5.02 Å². The fourth-order valence-electron chi connectivity index (χ4n) is 2.59. The third-order valence-corrected chi connectivity index (χ3v) is 4.34. The minimum atomic E-state index is -0.489. The standard InChI is InChI=1S/C16H23ClO2/c1-11-9-14(15(17)10-12(11)2)16(18)7-6-13-5-3-4-8-19-13/h9-10,13,16,18H,3-8H2,1-2H3. The van der Waals surface area contributed by atoms with Crippen LogP contribution in [0.1, 0.15) is 54.9 Å². The van der Waals surface area contributed by atoms with Crippen molar-refractivity contribution in [3.05, 3.63) is 33.8 Å². The fraction of sp³-hybridized carbons (Fsp3) is 0.625. The van der Waals surface area contributed by atoms with E-state index >= 15 is 0 Å². The van der Waals surface area contributed by atoms with Crippen molar-refractivity contribution in [1.29, 1.82) is 0 Å². The summed E-state index contributed by atoms with van der Waals surface area (Å²) < 4.78 is 5.69. The van der Waals surface area contributed by atoms with E-state index in [1.807, 2.05) is 26.0 Å². The van der Waals surface area contributed by atoms with Gasteiger partial charge in [-0.05, 0) is 68.7 Å². The Labute approximate surface area is 120 Å². The van der Waals surface area contributed by atoms with Crippen LogP contribution >= 0.6 is 11.6 Å². The first-order chi connectivity index (χ1) is 9.08. The smallest absolute Gasteiger partial charge is 0.0805 e. The lowest BCUT2D eigenvalue weighted by atomic mass is 9.97. The summed E-state index contributed by atoms with van der Waals surface area (Å²) in [6.45, 7) is 4.95. The van der Waals surface area contributed by atoms with Gasteiger partial charge in [0.15, 0.2) is 0 Å². The van der Waals surface area contributed by atoms with Crippen molar-refractivity contribution in [3.8, 4) is 0 Å². The van der Waals surface area contributed by atoms with Gasteiger partial charge in [0.1, 0.15) is 0 Å². The second kappa shape index (κ2) is 6.74. The van der Waals surface area contributed by atoms with Gasteiger partial charge >= 0.3 is 0 Å². The van der Waals surface area contributed by atoms with Crippen LogP contribution in [0.15, 0.2) is 12.1 Å². The number of aliphatic hydroxyl groups is 1. The Hall–Kier alpha value is -0.570. The number of hydrogen-bond donors (Lipinski definition) is 1. The third-order valence-electron chi connectivity index (χ3n) is 4.01. The minimum Gasteiger partial charge on any atom is -0.388 e. The number of benzene rings is 1. The minimum absolute atomic E-state index is 0.314. The van der Waals surface area contributed by atoms with E-state index in [0.717, 1.165) is 30.6 Å². The molecule has 1 fully saturated rings. The molecule has 1 N–H and O–H groups in total. The van der Waals surface area contributed by atoms with E-state index in [9.17, 15) is 5.11 Å². The first kappa shape index (κ1) is 14.8. The summed E-state index contributed by atoms with van der Waals surface area (Å²) in [5.41, 5.74) is 3.18. The van der Waals surface area contributed by atoms with Crippen LogP contribution < -0.4 is 0 Å². The molecule has 1 heterocycles. The van der Waals surface area contributed by atoms with Crippen LogP contribution in [0.5, 0.6) is 0 Å². The van der Waals surface area contributed by atoms with Crippen molar-refractivity contribution < 1.29 is 9.84 Å². The van der Waals surface area contributed by atoms with Crippen LogP contribution in [0.25, 0.3) is 0 Å². The van der Waals surface area contributed by atoms with E-state index in [1.54, 1.807) is 0 Å². The zero-order chi connectivity index (χ0) is 13.8. The van der Waals surface area contributed by atoms with E-state index in [2.05, 4.69) is 0 Å². The molecule has 2 atom stereocenters. The first-order valence-electron chi connectivity index (χ1n) is 7.14. The van der Waals surface area contributed by atoms with Crippen molar-refractivity contribution in [2.45, 2.75) is 58.2 Å². The number of aliphatic hydroxyl groups excluding tert-OH is 1. The molecule has 106 valence electrons. The molecule has 3 heteroatoms. The van der Waals surface area contributed by atoms with Crippen LogP contribution in [0, 0.1) is 13.8 Å². The van der Waals surface area contributed by atoms with Crippen molar-refractivity contribution >= 4 is 11.6 Å². The SMILES string of the molecule is Cc1cc(Cl)c(C(O)CCC2CCCCO2)cc1C. The summed E-state index contributed by atoms with van der Waals surface area (Å²) >= 11 is 6.23. The van der Waals surface area contributed by atoms with Crippen LogP contribution in [0.4, 0.5) is 0 Å². The Morgan fingerprint density at radius 2 is 2.05 bits per heavy atom. The normalized spacial score (nSPS) is 21.4. The van der Waals surface area contributed by atoms with E-state index in [0.29, 0.717) is 17.5 Å². The average molecular weight is 283 g/mol. The number of halogens is 1. The second-order valence-electron chi connectivity index (χ2n) is 5.54. The van der Waals surface area contributed by atoms with Crippen molar-refractivity contribution in [2.75, 3.05) is 6.61 Å². The molecular weight excluding hydrogens is 260 g/mol. The quantitative estimate of drug-likeness (QED) is 0.890. The summed E-state index contributed by atoms with van der Waals surface area (Å²) in [7, 11) is 0. The molecule has 1 aromatic carbocycles. The molecule has 0 aromatic heterocycles. The lowest BCUT2D eigenvalue weighted by molar-refractivity contribution is 0.00213. The maximum absolute atomic E-state index is 10.3.